The quantitative estimate of drug-likeness (QED) is 0.171. The van der Waals surface area contributed by atoms with Gasteiger partial charge in [-0.15, -0.1) is 11.3 Å². The van der Waals surface area contributed by atoms with Crippen LogP contribution in [-0.2, 0) is 41.2 Å². The van der Waals surface area contributed by atoms with Crippen molar-refractivity contribution in [3.8, 4) is 0 Å². The zero-order valence-electron chi connectivity index (χ0n) is 33.7. The van der Waals surface area contributed by atoms with E-state index in [1.165, 1.54) is 25.5 Å². The Morgan fingerprint density at radius 2 is 1.86 bits per heavy atom. The summed E-state index contributed by atoms with van der Waals surface area (Å²) in [6.07, 6.45) is -2.23. The highest BCUT2D eigenvalue weighted by molar-refractivity contribution is 7.09. The molecule has 1 aromatic carbocycles. The number of nitrogens with zero attached hydrogens (tertiary/aromatic N) is 3. The van der Waals surface area contributed by atoms with Crippen LogP contribution < -0.4 is 10.6 Å². The van der Waals surface area contributed by atoms with Gasteiger partial charge in [0.15, 0.2) is 6.10 Å². The maximum Gasteiger partial charge on any atom is 0.416 e. The molecule has 1 saturated heterocycles. The third kappa shape index (κ3) is 11.7. The van der Waals surface area contributed by atoms with Gasteiger partial charge in [-0.1, -0.05) is 46.6 Å². The second-order valence-corrected chi connectivity index (χ2v) is 16.4. The van der Waals surface area contributed by atoms with E-state index in [9.17, 15) is 42.3 Å². The predicted octanol–water partition coefficient (Wildman–Crippen LogP) is 5.58. The van der Waals surface area contributed by atoms with E-state index in [0.717, 1.165) is 42.9 Å². The van der Waals surface area contributed by atoms with E-state index in [-0.39, 0.29) is 73.4 Å². The van der Waals surface area contributed by atoms with Crippen LogP contribution in [0.5, 0.6) is 0 Å². The standard InChI is InChI=1S/C40H56F3N5O8S/c1-8-23(4)34(46-36(51)31-11-9-10-14-47(31)6)38(52)48(15-16-55-7)32(22(2)3)20-33(56-24(5)49)37-45-30(21-57-37)35(50)44-27-17-25-12-13-26(40(41,42)43)18-28(25)29(19-27)39(53)54/h12-13,18,21-23,27,29,31-34H,8-11,14-17,19-20H2,1-7H3,(H,44,50)(H,46,51)(H,53,54)/t23?,27-,29+,31?,32+,33+,34?/m0/s1. The average Bonchev–Trinajstić information content (AvgIpc) is 3.65. The molecule has 0 radical (unpaired) electrons. The molecule has 7 atom stereocenters. The van der Waals surface area contributed by atoms with Crippen molar-refractivity contribution in [2.75, 3.05) is 33.9 Å². The molecule has 2 aliphatic rings. The number of carbonyl (C=O) groups is 5. The highest BCUT2D eigenvalue weighted by Crippen LogP contribution is 2.38. The van der Waals surface area contributed by atoms with Crippen molar-refractivity contribution in [3.05, 3.63) is 51.0 Å². The highest BCUT2D eigenvalue weighted by Gasteiger charge is 2.40. The van der Waals surface area contributed by atoms with Gasteiger partial charge in [0.25, 0.3) is 5.91 Å². The molecule has 13 nitrogen and oxygen atoms in total. The molecule has 0 bridgehead atoms. The Morgan fingerprint density at radius 3 is 2.46 bits per heavy atom. The minimum Gasteiger partial charge on any atom is -0.481 e. The van der Waals surface area contributed by atoms with Crippen molar-refractivity contribution in [2.45, 2.75) is 122 Å². The smallest absolute Gasteiger partial charge is 0.416 e. The molecular weight excluding hydrogens is 768 g/mol. The fourth-order valence-electron chi connectivity index (χ4n) is 7.71. The number of thiazole rings is 1. The van der Waals surface area contributed by atoms with Crippen molar-refractivity contribution < 1.29 is 51.7 Å². The number of carboxylic acids is 1. The van der Waals surface area contributed by atoms with Gasteiger partial charge in [-0.05, 0) is 74.4 Å². The number of aromatic nitrogens is 1. The van der Waals surface area contributed by atoms with Crippen LogP contribution >= 0.6 is 11.3 Å². The van der Waals surface area contributed by atoms with E-state index in [2.05, 4.69) is 15.6 Å². The number of ether oxygens (including phenoxy) is 2. The lowest BCUT2D eigenvalue weighted by Gasteiger charge is -2.40. The molecule has 3 amide bonds. The number of fused-ring (bicyclic) bond motifs is 1. The van der Waals surface area contributed by atoms with Gasteiger partial charge in [0.2, 0.25) is 11.8 Å². The maximum atomic E-state index is 14.6. The summed E-state index contributed by atoms with van der Waals surface area (Å²) in [5, 5.41) is 17.5. The first-order valence-electron chi connectivity index (χ1n) is 19.5. The Hall–Kier alpha value is -4.09. The van der Waals surface area contributed by atoms with Gasteiger partial charge >= 0.3 is 18.1 Å². The van der Waals surface area contributed by atoms with Crippen LogP contribution in [0.1, 0.15) is 117 Å². The molecule has 1 aliphatic heterocycles. The fourth-order valence-corrected chi connectivity index (χ4v) is 8.55. The third-order valence-electron chi connectivity index (χ3n) is 11.1. The van der Waals surface area contributed by atoms with Gasteiger partial charge in [0, 0.05) is 44.5 Å². The van der Waals surface area contributed by atoms with Crippen molar-refractivity contribution >= 4 is 41.0 Å². The Morgan fingerprint density at radius 1 is 1.14 bits per heavy atom. The van der Waals surface area contributed by atoms with Crippen LogP contribution in [0.25, 0.3) is 0 Å². The number of methoxy groups -OCH3 is 1. The van der Waals surface area contributed by atoms with E-state index >= 15 is 0 Å². The first kappa shape index (κ1) is 45.6. The van der Waals surface area contributed by atoms with E-state index in [1.54, 1.807) is 4.90 Å². The minimum atomic E-state index is -4.64. The van der Waals surface area contributed by atoms with Crippen LogP contribution in [0.3, 0.4) is 0 Å². The topological polar surface area (TPSA) is 167 Å². The van der Waals surface area contributed by atoms with E-state index in [4.69, 9.17) is 9.47 Å². The summed E-state index contributed by atoms with van der Waals surface area (Å²) in [6.45, 7) is 10.2. The Balaban J connectivity index is 1.57. The number of nitrogens with one attached hydrogen (secondary N) is 2. The molecule has 2 aromatic rings. The number of carbonyl (C=O) groups excluding carboxylic acids is 4. The molecule has 57 heavy (non-hydrogen) atoms. The number of carboxylic acid groups (broad SMARTS) is 1. The number of benzene rings is 1. The number of likely N-dealkylation sites (N-methyl/N-ethyl adjacent to an activating group) is 1. The number of hydrogen-bond acceptors (Lipinski definition) is 10. The van der Waals surface area contributed by atoms with Gasteiger partial charge in [-0.25, -0.2) is 4.98 Å². The zero-order chi connectivity index (χ0) is 42.2. The Kier molecular flexibility index (Phi) is 16.0. The molecule has 2 heterocycles. The molecule has 316 valence electrons. The summed E-state index contributed by atoms with van der Waals surface area (Å²) in [5.74, 6) is -4.63. The molecule has 4 rings (SSSR count). The molecule has 0 saturated carbocycles. The SMILES string of the molecule is CCC(C)C(NC(=O)C1CCCCN1C)C(=O)N(CCOC)[C@H](C[C@@H](OC(C)=O)c1nc(C(=O)N[C@H]2Cc3ccc(C(F)(F)F)cc3[C@H](C(=O)O)C2)cs1)C(C)C. The number of rotatable bonds is 17. The van der Waals surface area contributed by atoms with Gasteiger partial charge < -0.3 is 30.1 Å². The third-order valence-corrected chi connectivity index (χ3v) is 12.0. The van der Waals surface area contributed by atoms with Crippen LogP contribution in [0.15, 0.2) is 23.6 Å². The van der Waals surface area contributed by atoms with Gasteiger partial charge in [-0.3, -0.25) is 28.9 Å². The van der Waals surface area contributed by atoms with Crippen molar-refractivity contribution in [1.29, 1.82) is 0 Å². The number of alkyl halides is 3. The largest absolute Gasteiger partial charge is 0.481 e. The number of amides is 3. The van der Waals surface area contributed by atoms with Crippen molar-refractivity contribution in [1.82, 2.24) is 25.4 Å². The van der Waals surface area contributed by atoms with Crippen LogP contribution in [0.2, 0.25) is 0 Å². The zero-order valence-corrected chi connectivity index (χ0v) is 34.5. The number of halogens is 3. The summed E-state index contributed by atoms with van der Waals surface area (Å²) in [6, 6.07) is 0.617. The Bertz CT molecular complexity index is 1740. The first-order chi connectivity index (χ1) is 26.9. The number of hydrogen-bond donors (Lipinski definition) is 3. The molecule has 3 N–H and O–H groups in total. The van der Waals surface area contributed by atoms with Gasteiger partial charge in [0.1, 0.15) is 16.7 Å². The first-order valence-corrected chi connectivity index (χ1v) is 20.4. The number of esters is 1. The molecule has 1 aromatic heterocycles. The van der Waals surface area contributed by atoms with E-state index < -0.39 is 59.7 Å². The van der Waals surface area contributed by atoms with Gasteiger partial charge in [-0.2, -0.15) is 13.2 Å². The van der Waals surface area contributed by atoms with Crippen LogP contribution in [0.4, 0.5) is 13.2 Å². The second kappa shape index (κ2) is 20.1. The number of aliphatic carboxylic acids is 1. The minimum absolute atomic E-state index is 0.0158. The summed E-state index contributed by atoms with van der Waals surface area (Å²) >= 11 is 1.08. The number of likely N-dealkylation sites (tertiary alicyclic amines) is 1. The van der Waals surface area contributed by atoms with Crippen molar-refractivity contribution in [3.63, 3.8) is 0 Å². The van der Waals surface area contributed by atoms with Crippen LogP contribution in [0, 0.1) is 11.8 Å². The summed E-state index contributed by atoms with van der Waals surface area (Å²) in [5.41, 5.74) is -0.499. The number of piperidine rings is 1. The summed E-state index contributed by atoms with van der Waals surface area (Å²) < 4.78 is 51.4. The molecule has 1 fully saturated rings. The lowest BCUT2D eigenvalue weighted by molar-refractivity contribution is -0.150. The second-order valence-electron chi connectivity index (χ2n) is 15.5. The monoisotopic (exact) mass is 823 g/mol. The predicted molar refractivity (Wildman–Crippen MR) is 207 cm³/mol. The van der Waals surface area contributed by atoms with Crippen molar-refractivity contribution in [2.24, 2.45) is 11.8 Å². The van der Waals surface area contributed by atoms with E-state index in [1.807, 2.05) is 39.6 Å². The summed E-state index contributed by atoms with van der Waals surface area (Å²) in [4.78, 5) is 74.5. The molecule has 0 spiro atoms. The average molecular weight is 824 g/mol. The molecule has 1 aliphatic carbocycles. The molecule has 17 heteroatoms. The van der Waals surface area contributed by atoms with E-state index in [0.29, 0.717) is 23.4 Å². The fraction of sp³-hybridized carbons (Fsp3) is 0.650. The lowest BCUT2D eigenvalue weighted by atomic mass is 9.79. The maximum absolute atomic E-state index is 14.6. The normalized spacial score (nSPS) is 20.8. The summed E-state index contributed by atoms with van der Waals surface area (Å²) in [7, 11) is 3.44. The van der Waals surface area contributed by atoms with Gasteiger partial charge in [0.05, 0.1) is 24.1 Å². The highest BCUT2D eigenvalue weighted by atomic mass is 32.1. The Labute approximate surface area is 336 Å². The van der Waals surface area contributed by atoms with Crippen LogP contribution in [-0.4, -0.2) is 108 Å². The molecule has 3 unspecified atom stereocenters. The molecular formula is C40H56F3N5O8S. The lowest BCUT2D eigenvalue weighted by Crippen LogP contribution is -2.59.